The Morgan fingerprint density at radius 3 is 2.47 bits per heavy atom. The normalized spacial score (nSPS) is 15.6. The van der Waals surface area contributed by atoms with Crippen LogP contribution in [0.15, 0.2) is 47.6 Å². The molecule has 3 rings (SSSR count). The highest BCUT2D eigenvalue weighted by Crippen LogP contribution is 2.31. The van der Waals surface area contributed by atoms with Crippen molar-refractivity contribution in [3.63, 3.8) is 0 Å². The van der Waals surface area contributed by atoms with Crippen molar-refractivity contribution in [1.82, 2.24) is 5.01 Å². The highest BCUT2D eigenvalue weighted by atomic mass is 16.5. The molecule has 0 spiro atoms. The van der Waals surface area contributed by atoms with Gasteiger partial charge in [-0.2, -0.15) is 5.10 Å². The molecule has 2 aromatic carbocycles. The van der Waals surface area contributed by atoms with Gasteiger partial charge in [0.05, 0.1) is 19.9 Å². The van der Waals surface area contributed by atoms with E-state index in [0.717, 1.165) is 41.8 Å². The first-order valence-corrected chi connectivity index (χ1v) is 12.0. The van der Waals surface area contributed by atoms with E-state index in [1.165, 1.54) is 0 Å². The van der Waals surface area contributed by atoms with Gasteiger partial charge < -0.3 is 14.8 Å². The average molecular weight is 466 g/mol. The summed E-state index contributed by atoms with van der Waals surface area (Å²) >= 11 is 0. The van der Waals surface area contributed by atoms with Crippen LogP contribution in [0, 0.1) is 5.92 Å². The molecule has 7 nitrogen and oxygen atoms in total. The molecule has 1 aliphatic heterocycles. The van der Waals surface area contributed by atoms with Crippen molar-refractivity contribution in [2.24, 2.45) is 11.0 Å². The molecule has 182 valence electrons. The number of ether oxygens (including phenoxy) is 2. The maximum Gasteiger partial charge on any atom is 0.243 e. The summed E-state index contributed by atoms with van der Waals surface area (Å²) in [5.74, 6) is 1.45. The number of nitrogens with one attached hydrogen (secondary N) is 1. The molecule has 1 aliphatic rings. The molecule has 0 fully saturated rings. The second-order valence-electron chi connectivity index (χ2n) is 8.48. The van der Waals surface area contributed by atoms with Crippen LogP contribution in [0.25, 0.3) is 0 Å². The average Bonchev–Trinajstić information content (AvgIpc) is 2.86. The Bertz CT molecular complexity index is 1020. The third kappa shape index (κ3) is 6.37. The lowest BCUT2D eigenvalue weighted by Gasteiger charge is -2.29. The lowest BCUT2D eigenvalue weighted by molar-refractivity contribution is -0.132. The van der Waals surface area contributed by atoms with Crippen LogP contribution in [0.2, 0.25) is 0 Å². The van der Waals surface area contributed by atoms with Crippen LogP contribution < -0.4 is 14.8 Å². The molecule has 1 heterocycles. The fourth-order valence-corrected chi connectivity index (χ4v) is 4.03. The Hall–Kier alpha value is -3.35. The highest BCUT2D eigenvalue weighted by Gasteiger charge is 2.29. The summed E-state index contributed by atoms with van der Waals surface area (Å²) in [6, 6.07) is 13.5. The summed E-state index contributed by atoms with van der Waals surface area (Å²) in [6.45, 7) is 4.64. The predicted molar refractivity (Wildman–Crippen MR) is 134 cm³/mol. The molecule has 0 saturated carbocycles. The van der Waals surface area contributed by atoms with Crippen LogP contribution in [0.5, 0.6) is 11.5 Å². The van der Waals surface area contributed by atoms with E-state index in [0.29, 0.717) is 37.3 Å². The first-order valence-electron chi connectivity index (χ1n) is 12.0. The number of hydrogen-bond acceptors (Lipinski definition) is 5. The van der Waals surface area contributed by atoms with Crippen LogP contribution in [-0.4, -0.2) is 43.3 Å². The number of methoxy groups -OCH3 is 2. The number of rotatable bonds is 11. The Morgan fingerprint density at radius 1 is 1.09 bits per heavy atom. The number of benzene rings is 2. The van der Waals surface area contributed by atoms with E-state index >= 15 is 0 Å². The largest absolute Gasteiger partial charge is 0.493 e. The minimum atomic E-state index is 0.0379. The van der Waals surface area contributed by atoms with Gasteiger partial charge in [0, 0.05) is 36.6 Å². The minimum absolute atomic E-state index is 0.0379. The monoisotopic (exact) mass is 465 g/mol. The minimum Gasteiger partial charge on any atom is -0.493 e. The predicted octanol–water partition coefficient (Wildman–Crippen LogP) is 5.04. The molecule has 0 radical (unpaired) electrons. The lowest BCUT2D eigenvalue weighted by Crippen LogP contribution is -2.38. The zero-order valence-corrected chi connectivity index (χ0v) is 20.6. The van der Waals surface area contributed by atoms with E-state index in [1.54, 1.807) is 19.2 Å². The summed E-state index contributed by atoms with van der Waals surface area (Å²) in [5, 5.41) is 9.27. The van der Waals surface area contributed by atoms with Gasteiger partial charge in [-0.05, 0) is 55.2 Å². The molecule has 0 saturated heterocycles. The summed E-state index contributed by atoms with van der Waals surface area (Å²) in [4.78, 5) is 24.7. The molecular formula is C27H35N3O4. The third-order valence-corrected chi connectivity index (χ3v) is 6.10. The molecule has 2 aromatic rings. The number of carbonyl (C=O) groups is 2. The van der Waals surface area contributed by atoms with E-state index in [9.17, 15) is 9.59 Å². The van der Waals surface area contributed by atoms with E-state index in [4.69, 9.17) is 14.6 Å². The standard InChI is InChI=1S/C27H35N3O4/c1-5-7-8-25(31)28-22-12-9-19(10-13-22)15-16-30-26(32)18-20(6-2)27(29-30)21-11-14-23(33-3)24(17-21)34-4/h9-14,17,20H,5-8,15-16,18H2,1-4H3,(H,28,31). The first kappa shape index (κ1) is 25.3. The van der Waals surface area contributed by atoms with Crippen molar-refractivity contribution < 1.29 is 19.1 Å². The van der Waals surface area contributed by atoms with Crippen LogP contribution in [0.3, 0.4) is 0 Å². The van der Waals surface area contributed by atoms with Crippen molar-refractivity contribution in [3.05, 3.63) is 53.6 Å². The number of hydrogen-bond donors (Lipinski definition) is 1. The second kappa shape index (κ2) is 12.2. The smallest absolute Gasteiger partial charge is 0.243 e. The van der Waals surface area contributed by atoms with Gasteiger partial charge in [-0.15, -0.1) is 0 Å². The molecule has 0 aromatic heterocycles. The van der Waals surface area contributed by atoms with Crippen LogP contribution in [0.1, 0.15) is 57.1 Å². The van der Waals surface area contributed by atoms with Crippen molar-refractivity contribution in [3.8, 4) is 11.5 Å². The van der Waals surface area contributed by atoms with Gasteiger partial charge in [-0.3, -0.25) is 9.59 Å². The molecule has 0 aliphatic carbocycles. The van der Waals surface area contributed by atoms with E-state index < -0.39 is 0 Å². The number of carbonyl (C=O) groups excluding carboxylic acids is 2. The van der Waals surface area contributed by atoms with Crippen molar-refractivity contribution in [2.75, 3.05) is 26.1 Å². The van der Waals surface area contributed by atoms with E-state index in [1.807, 2.05) is 42.5 Å². The molecule has 1 N–H and O–H groups in total. The van der Waals surface area contributed by atoms with E-state index in [-0.39, 0.29) is 17.7 Å². The third-order valence-electron chi connectivity index (χ3n) is 6.10. The zero-order chi connectivity index (χ0) is 24.5. The topological polar surface area (TPSA) is 80.2 Å². The quantitative estimate of drug-likeness (QED) is 0.504. The van der Waals surface area contributed by atoms with Crippen molar-refractivity contribution in [1.29, 1.82) is 0 Å². The van der Waals surface area contributed by atoms with Crippen LogP contribution in [-0.2, 0) is 16.0 Å². The maximum absolute atomic E-state index is 12.8. The number of unbranched alkanes of at least 4 members (excludes halogenated alkanes) is 1. The van der Waals surface area contributed by atoms with Gasteiger partial charge in [0.2, 0.25) is 11.8 Å². The van der Waals surface area contributed by atoms with Gasteiger partial charge in [0.25, 0.3) is 0 Å². The number of amides is 2. The SMILES string of the molecule is CCCCC(=O)Nc1ccc(CCN2N=C(c3ccc(OC)c(OC)c3)C(CC)CC2=O)cc1. The van der Waals surface area contributed by atoms with Crippen LogP contribution in [0.4, 0.5) is 5.69 Å². The molecular weight excluding hydrogens is 430 g/mol. The summed E-state index contributed by atoms with van der Waals surface area (Å²) in [7, 11) is 3.22. The van der Waals surface area contributed by atoms with Gasteiger partial charge in [-0.1, -0.05) is 32.4 Å². The summed E-state index contributed by atoms with van der Waals surface area (Å²) in [6.07, 6.45) is 4.36. The van der Waals surface area contributed by atoms with Crippen LogP contribution >= 0.6 is 0 Å². The molecule has 7 heteroatoms. The van der Waals surface area contributed by atoms with Crippen molar-refractivity contribution >= 4 is 23.2 Å². The van der Waals surface area contributed by atoms with Gasteiger partial charge in [0.1, 0.15) is 0 Å². The Morgan fingerprint density at radius 2 is 1.82 bits per heavy atom. The maximum atomic E-state index is 12.8. The second-order valence-corrected chi connectivity index (χ2v) is 8.48. The number of hydrazone groups is 1. The molecule has 0 bridgehead atoms. The molecule has 34 heavy (non-hydrogen) atoms. The summed E-state index contributed by atoms with van der Waals surface area (Å²) in [5.41, 5.74) is 3.71. The van der Waals surface area contributed by atoms with E-state index in [2.05, 4.69) is 19.2 Å². The first-order chi connectivity index (χ1) is 16.5. The Kier molecular flexibility index (Phi) is 9.08. The molecule has 1 atom stereocenters. The molecule has 1 unspecified atom stereocenters. The number of anilines is 1. The van der Waals surface area contributed by atoms with Gasteiger partial charge >= 0.3 is 0 Å². The van der Waals surface area contributed by atoms with Crippen molar-refractivity contribution in [2.45, 2.75) is 52.4 Å². The molecule has 2 amide bonds. The zero-order valence-electron chi connectivity index (χ0n) is 20.6. The fraction of sp³-hybridized carbons (Fsp3) is 0.444. The summed E-state index contributed by atoms with van der Waals surface area (Å²) < 4.78 is 10.8. The van der Waals surface area contributed by atoms with Gasteiger partial charge in [-0.25, -0.2) is 5.01 Å². The fourth-order valence-electron chi connectivity index (χ4n) is 4.03. The Labute approximate surface area is 202 Å². The lowest BCUT2D eigenvalue weighted by atomic mass is 9.89. The van der Waals surface area contributed by atoms with Gasteiger partial charge in [0.15, 0.2) is 11.5 Å². The Balaban J connectivity index is 1.70. The highest BCUT2D eigenvalue weighted by molar-refractivity contribution is 6.06. The number of nitrogens with zero attached hydrogens (tertiary/aromatic N) is 2.